The molecule has 36 heavy (non-hydrogen) atoms. The molecule has 4 rings (SSSR count). The van der Waals surface area contributed by atoms with Crippen LogP contribution >= 0.6 is 0 Å². The van der Waals surface area contributed by atoms with Crippen molar-refractivity contribution < 1.29 is 23.5 Å². The first-order valence-electron chi connectivity index (χ1n) is 12.1. The molecule has 8 nitrogen and oxygen atoms in total. The molecule has 0 spiro atoms. The van der Waals surface area contributed by atoms with E-state index in [-0.39, 0.29) is 24.3 Å². The third kappa shape index (κ3) is 5.59. The molecular formula is C28H31N3O5. The van der Waals surface area contributed by atoms with Crippen molar-refractivity contribution in [2.75, 3.05) is 18.6 Å². The van der Waals surface area contributed by atoms with Crippen LogP contribution in [0.25, 0.3) is 0 Å². The predicted molar refractivity (Wildman–Crippen MR) is 136 cm³/mol. The van der Waals surface area contributed by atoms with Crippen LogP contribution in [0, 0.1) is 6.92 Å². The Morgan fingerprint density at radius 1 is 1.03 bits per heavy atom. The van der Waals surface area contributed by atoms with Gasteiger partial charge in [0, 0.05) is 6.04 Å². The topological polar surface area (TPSA) is 101 Å². The maximum absolute atomic E-state index is 13.8. The summed E-state index contributed by atoms with van der Waals surface area (Å²) in [5, 5.41) is 5.77. The van der Waals surface area contributed by atoms with Crippen LogP contribution < -0.4 is 20.3 Å². The molecule has 3 aromatic rings. The summed E-state index contributed by atoms with van der Waals surface area (Å²) in [6.45, 7) is 1.57. The number of nitrogens with zero attached hydrogens (tertiary/aromatic N) is 1. The first-order chi connectivity index (χ1) is 17.5. The zero-order chi connectivity index (χ0) is 25.5. The maximum atomic E-state index is 13.8. The fraction of sp³-hybridized carbons (Fsp3) is 0.321. The summed E-state index contributed by atoms with van der Waals surface area (Å²) in [4.78, 5) is 41.5. The van der Waals surface area contributed by atoms with Crippen molar-refractivity contribution in [2.24, 2.45) is 0 Å². The minimum Gasteiger partial charge on any atom is -0.495 e. The van der Waals surface area contributed by atoms with E-state index in [0.717, 1.165) is 31.2 Å². The molecule has 0 radical (unpaired) electrons. The first-order valence-corrected chi connectivity index (χ1v) is 12.1. The van der Waals surface area contributed by atoms with Crippen molar-refractivity contribution in [1.82, 2.24) is 10.6 Å². The van der Waals surface area contributed by atoms with Crippen LogP contribution in [0.2, 0.25) is 0 Å². The van der Waals surface area contributed by atoms with Gasteiger partial charge in [-0.15, -0.1) is 0 Å². The zero-order valence-electron chi connectivity index (χ0n) is 20.5. The van der Waals surface area contributed by atoms with Crippen LogP contribution in [-0.4, -0.2) is 37.4 Å². The normalized spacial score (nSPS) is 14.2. The van der Waals surface area contributed by atoms with Crippen molar-refractivity contribution in [3.8, 4) is 5.75 Å². The Kier molecular flexibility index (Phi) is 8.05. The summed E-state index contributed by atoms with van der Waals surface area (Å²) in [5.41, 5.74) is 2.01. The van der Waals surface area contributed by atoms with E-state index >= 15 is 0 Å². The first kappa shape index (κ1) is 25.0. The Morgan fingerprint density at radius 3 is 2.44 bits per heavy atom. The van der Waals surface area contributed by atoms with Crippen LogP contribution in [0.15, 0.2) is 71.3 Å². The highest BCUT2D eigenvalue weighted by molar-refractivity contribution is 6.05. The van der Waals surface area contributed by atoms with Crippen LogP contribution in [0.4, 0.5) is 5.69 Å². The smallest absolute Gasteiger partial charge is 0.287 e. The predicted octanol–water partition coefficient (Wildman–Crippen LogP) is 4.16. The number of anilines is 1. The lowest BCUT2D eigenvalue weighted by molar-refractivity contribution is -0.126. The van der Waals surface area contributed by atoms with E-state index in [9.17, 15) is 14.4 Å². The van der Waals surface area contributed by atoms with E-state index in [4.69, 9.17) is 9.15 Å². The van der Waals surface area contributed by atoms with E-state index in [1.165, 1.54) is 24.3 Å². The van der Waals surface area contributed by atoms with Gasteiger partial charge >= 0.3 is 0 Å². The highest BCUT2D eigenvalue weighted by Crippen LogP contribution is 2.36. The van der Waals surface area contributed by atoms with Crippen molar-refractivity contribution >= 4 is 23.4 Å². The summed E-state index contributed by atoms with van der Waals surface area (Å²) >= 11 is 0. The average Bonchev–Trinajstić information content (AvgIpc) is 3.61. The summed E-state index contributed by atoms with van der Waals surface area (Å²) < 4.78 is 10.7. The van der Waals surface area contributed by atoms with E-state index in [1.807, 2.05) is 31.2 Å². The number of nitrogens with one attached hydrogen (secondary N) is 2. The van der Waals surface area contributed by atoms with Crippen LogP contribution in [0.1, 0.15) is 53.4 Å². The Bertz CT molecular complexity index is 1200. The van der Waals surface area contributed by atoms with Gasteiger partial charge < -0.3 is 19.8 Å². The highest BCUT2D eigenvalue weighted by Gasteiger charge is 2.36. The van der Waals surface area contributed by atoms with Crippen LogP contribution in [0.5, 0.6) is 5.75 Å². The van der Waals surface area contributed by atoms with Gasteiger partial charge in [-0.25, -0.2) is 0 Å². The third-order valence-electron chi connectivity index (χ3n) is 6.45. The molecule has 0 saturated heterocycles. The number of hydrogen-bond acceptors (Lipinski definition) is 5. The molecule has 1 aliphatic carbocycles. The van der Waals surface area contributed by atoms with Gasteiger partial charge in [0.1, 0.15) is 11.8 Å². The molecule has 1 heterocycles. The number of furan rings is 1. The van der Waals surface area contributed by atoms with Gasteiger partial charge in [-0.05, 0) is 55.2 Å². The zero-order valence-corrected chi connectivity index (χ0v) is 20.5. The van der Waals surface area contributed by atoms with Gasteiger partial charge in [0.25, 0.3) is 5.91 Å². The van der Waals surface area contributed by atoms with Gasteiger partial charge in [-0.1, -0.05) is 49.2 Å². The Balaban J connectivity index is 1.73. The molecule has 1 aromatic heterocycles. The Hall–Kier alpha value is -4.07. The monoisotopic (exact) mass is 489 g/mol. The molecule has 2 N–H and O–H groups in total. The number of rotatable bonds is 9. The van der Waals surface area contributed by atoms with Crippen LogP contribution in [0.3, 0.4) is 0 Å². The number of carbonyl (C=O) groups excluding carboxylic acids is 3. The fourth-order valence-corrected chi connectivity index (χ4v) is 4.62. The lowest BCUT2D eigenvalue weighted by atomic mass is 9.97. The van der Waals surface area contributed by atoms with Crippen LogP contribution in [-0.2, 0) is 9.59 Å². The van der Waals surface area contributed by atoms with Crippen molar-refractivity contribution in [1.29, 1.82) is 0 Å². The summed E-state index contributed by atoms with van der Waals surface area (Å²) in [5.74, 6) is -0.713. The number of carbonyl (C=O) groups is 3. The summed E-state index contributed by atoms with van der Waals surface area (Å²) in [6, 6.07) is 16.8. The molecule has 1 unspecified atom stereocenters. The standard InChI is InChI=1S/C28H31N3O5/c1-19-10-3-6-13-21(19)26(28(34)30-20-11-4-5-12-20)31(22-14-7-8-15-23(22)35-2)25(32)18-29-27(33)24-16-9-17-36-24/h3,6-10,13-17,20,26H,4-5,11-12,18H2,1-2H3,(H,29,33)(H,30,34). The second kappa shape index (κ2) is 11.6. The second-order valence-electron chi connectivity index (χ2n) is 8.84. The molecule has 8 heteroatoms. The van der Waals surface area contributed by atoms with Gasteiger partial charge in [0.2, 0.25) is 11.8 Å². The minimum absolute atomic E-state index is 0.0669. The molecule has 2 aromatic carbocycles. The van der Waals surface area contributed by atoms with Gasteiger partial charge in [-0.3, -0.25) is 19.3 Å². The SMILES string of the molecule is COc1ccccc1N(C(=O)CNC(=O)c1ccco1)C(C(=O)NC1CCCC1)c1ccccc1C. The number of benzene rings is 2. The minimum atomic E-state index is -0.962. The summed E-state index contributed by atoms with van der Waals surface area (Å²) in [6.07, 6.45) is 5.34. The number of ether oxygens (including phenoxy) is 1. The number of para-hydroxylation sites is 2. The van der Waals surface area contributed by atoms with E-state index in [0.29, 0.717) is 17.0 Å². The van der Waals surface area contributed by atoms with Crippen molar-refractivity contribution in [3.05, 3.63) is 83.8 Å². The number of aryl methyl sites for hydroxylation is 1. The molecule has 1 saturated carbocycles. The molecule has 188 valence electrons. The molecular weight excluding hydrogens is 458 g/mol. The molecule has 0 bridgehead atoms. The largest absolute Gasteiger partial charge is 0.495 e. The molecule has 1 aliphatic rings. The quantitative estimate of drug-likeness (QED) is 0.470. The molecule has 3 amide bonds. The van der Waals surface area contributed by atoms with Gasteiger partial charge in [0.15, 0.2) is 5.76 Å². The van der Waals surface area contributed by atoms with Gasteiger partial charge in [0.05, 0.1) is 25.6 Å². The lowest BCUT2D eigenvalue weighted by Crippen LogP contribution is -2.49. The van der Waals surface area contributed by atoms with E-state index in [1.54, 1.807) is 30.3 Å². The highest BCUT2D eigenvalue weighted by atomic mass is 16.5. The Labute approximate surface area is 210 Å². The van der Waals surface area contributed by atoms with Gasteiger partial charge in [-0.2, -0.15) is 0 Å². The number of methoxy groups -OCH3 is 1. The van der Waals surface area contributed by atoms with Crippen molar-refractivity contribution in [2.45, 2.75) is 44.7 Å². The maximum Gasteiger partial charge on any atom is 0.287 e. The van der Waals surface area contributed by atoms with Crippen molar-refractivity contribution in [3.63, 3.8) is 0 Å². The average molecular weight is 490 g/mol. The molecule has 1 fully saturated rings. The number of hydrogen-bond donors (Lipinski definition) is 2. The second-order valence-corrected chi connectivity index (χ2v) is 8.84. The number of amides is 3. The third-order valence-corrected chi connectivity index (χ3v) is 6.45. The lowest BCUT2D eigenvalue weighted by Gasteiger charge is -2.34. The summed E-state index contributed by atoms with van der Waals surface area (Å²) in [7, 11) is 1.52. The fourth-order valence-electron chi connectivity index (χ4n) is 4.62. The van der Waals surface area contributed by atoms with E-state index < -0.39 is 17.9 Å². The molecule has 0 aliphatic heterocycles. The Morgan fingerprint density at radius 2 is 1.75 bits per heavy atom. The van der Waals surface area contributed by atoms with E-state index in [2.05, 4.69) is 10.6 Å². The molecule has 1 atom stereocenters.